The molecule has 0 radical (unpaired) electrons. The van der Waals surface area contributed by atoms with Crippen molar-refractivity contribution in [2.45, 2.75) is 19.4 Å². The third kappa shape index (κ3) is 3.26. The Bertz CT molecular complexity index is 392. The molecular weight excluding hydrogens is 224 g/mol. The van der Waals surface area contributed by atoms with Gasteiger partial charge in [0.1, 0.15) is 11.9 Å². The molecule has 0 aliphatic carbocycles. The molecule has 1 aliphatic heterocycles. The van der Waals surface area contributed by atoms with Crippen molar-refractivity contribution in [2.24, 2.45) is 0 Å². The average molecular weight is 246 g/mol. The second kappa shape index (κ2) is 6.45. The van der Waals surface area contributed by atoms with Crippen LogP contribution in [0, 0.1) is 0 Å². The highest BCUT2D eigenvalue weighted by atomic mass is 16.5. The monoisotopic (exact) mass is 246 g/mol. The Labute approximate surface area is 109 Å². The molecule has 1 N–H and O–H groups in total. The fourth-order valence-electron chi connectivity index (χ4n) is 2.31. The fraction of sp³-hybridized carbons (Fsp3) is 0.467. The van der Waals surface area contributed by atoms with Gasteiger partial charge in [-0.15, -0.1) is 6.58 Å². The lowest BCUT2D eigenvalue weighted by Gasteiger charge is -2.31. The highest BCUT2D eigenvalue weighted by molar-refractivity contribution is 5.57. The number of benzene rings is 1. The Morgan fingerprint density at radius 2 is 2.33 bits per heavy atom. The molecule has 0 fully saturated rings. The van der Waals surface area contributed by atoms with Gasteiger partial charge in [-0.3, -0.25) is 4.90 Å². The molecule has 1 heterocycles. The van der Waals surface area contributed by atoms with Gasteiger partial charge in [0, 0.05) is 13.1 Å². The minimum absolute atomic E-state index is 0.214. The van der Waals surface area contributed by atoms with Crippen molar-refractivity contribution >= 4 is 5.69 Å². The van der Waals surface area contributed by atoms with Crippen LogP contribution in [-0.4, -0.2) is 37.2 Å². The molecule has 0 spiro atoms. The van der Waals surface area contributed by atoms with Gasteiger partial charge in [0.25, 0.3) is 0 Å². The minimum atomic E-state index is 0.214. The van der Waals surface area contributed by atoms with E-state index in [2.05, 4.69) is 29.8 Å². The molecule has 0 aromatic heterocycles. The van der Waals surface area contributed by atoms with E-state index in [0.717, 1.165) is 44.0 Å². The van der Waals surface area contributed by atoms with E-state index in [9.17, 15) is 0 Å². The number of hydrogen-bond acceptors (Lipinski definition) is 3. The van der Waals surface area contributed by atoms with Crippen LogP contribution in [0.3, 0.4) is 0 Å². The number of anilines is 1. The van der Waals surface area contributed by atoms with Gasteiger partial charge in [-0.2, -0.15) is 0 Å². The average Bonchev–Trinajstić information content (AvgIpc) is 2.39. The Kier molecular flexibility index (Phi) is 4.65. The second-order valence-electron chi connectivity index (χ2n) is 4.67. The van der Waals surface area contributed by atoms with Crippen molar-refractivity contribution < 1.29 is 4.74 Å². The molecule has 3 nitrogen and oxygen atoms in total. The number of hydrogen-bond donors (Lipinski definition) is 1. The number of para-hydroxylation sites is 2. The normalized spacial score (nSPS) is 17.8. The molecular formula is C15H22N2O. The van der Waals surface area contributed by atoms with Crippen LogP contribution in [0.4, 0.5) is 5.69 Å². The molecule has 0 bridgehead atoms. The molecule has 0 saturated heterocycles. The third-order valence-electron chi connectivity index (χ3n) is 3.09. The van der Waals surface area contributed by atoms with Gasteiger partial charge in [0.05, 0.1) is 12.2 Å². The van der Waals surface area contributed by atoms with E-state index in [1.807, 2.05) is 24.3 Å². The first-order valence-electron chi connectivity index (χ1n) is 6.66. The van der Waals surface area contributed by atoms with E-state index in [-0.39, 0.29) is 6.10 Å². The maximum atomic E-state index is 6.02. The third-order valence-corrected chi connectivity index (χ3v) is 3.09. The molecule has 1 aliphatic rings. The van der Waals surface area contributed by atoms with Gasteiger partial charge < -0.3 is 10.1 Å². The zero-order valence-corrected chi connectivity index (χ0v) is 11.1. The summed E-state index contributed by atoms with van der Waals surface area (Å²) in [6.07, 6.45) is 3.33. The smallest absolute Gasteiger partial charge is 0.142 e. The highest BCUT2D eigenvalue weighted by Crippen LogP contribution is 2.28. The van der Waals surface area contributed by atoms with Crippen LogP contribution in [0.5, 0.6) is 5.75 Å². The van der Waals surface area contributed by atoms with E-state index < -0.39 is 0 Å². The molecule has 1 atom stereocenters. The summed E-state index contributed by atoms with van der Waals surface area (Å²) in [5.74, 6) is 0.962. The van der Waals surface area contributed by atoms with Gasteiger partial charge in [-0.05, 0) is 25.1 Å². The van der Waals surface area contributed by atoms with E-state index >= 15 is 0 Å². The predicted octanol–water partition coefficient (Wildman–Crippen LogP) is 2.76. The summed E-state index contributed by atoms with van der Waals surface area (Å²) in [5, 5.41) is 3.42. The maximum absolute atomic E-state index is 6.02. The minimum Gasteiger partial charge on any atom is -0.485 e. The van der Waals surface area contributed by atoms with E-state index in [4.69, 9.17) is 4.74 Å². The Hall–Kier alpha value is -1.48. The van der Waals surface area contributed by atoms with Crippen molar-refractivity contribution in [1.82, 2.24) is 4.90 Å². The summed E-state index contributed by atoms with van der Waals surface area (Å²) in [6, 6.07) is 8.11. The number of fused-ring (bicyclic) bond motifs is 1. The van der Waals surface area contributed by atoms with E-state index in [1.165, 1.54) is 0 Å². The highest BCUT2D eigenvalue weighted by Gasteiger charge is 2.20. The Morgan fingerprint density at radius 1 is 1.50 bits per heavy atom. The van der Waals surface area contributed by atoms with Gasteiger partial charge in [0.2, 0.25) is 0 Å². The SMILES string of the molecule is C=CCN(CCC)CC1CNc2ccccc2O1. The van der Waals surface area contributed by atoms with Crippen LogP contribution < -0.4 is 10.1 Å². The molecule has 1 aromatic rings. The van der Waals surface area contributed by atoms with E-state index in [1.54, 1.807) is 0 Å². The standard InChI is InChI=1S/C15H22N2O/c1-3-9-17(10-4-2)12-13-11-16-14-7-5-6-8-15(14)18-13/h3,5-8,13,16H,1,4,9-12H2,2H3. The summed E-state index contributed by atoms with van der Waals surface area (Å²) < 4.78 is 6.02. The van der Waals surface area contributed by atoms with Crippen LogP contribution in [0.1, 0.15) is 13.3 Å². The summed E-state index contributed by atoms with van der Waals surface area (Å²) in [5.41, 5.74) is 1.10. The van der Waals surface area contributed by atoms with Gasteiger partial charge in [0.15, 0.2) is 0 Å². The fourth-order valence-corrected chi connectivity index (χ4v) is 2.31. The topological polar surface area (TPSA) is 24.5 Å². The second-order valence-corrected chi connectivity index (χ2v) is 4.67. The lowest BCUT2D eigenvalue weighted by atomic mass is 10.2. The molecule has 1 aromatic carbocycles. The van der Waals surface area contributed by atoms with Crippen molar-refractivity contribution in [3.63, 3.8) is 0 Å². The molecule has 98 valence electrons. The Balaban J connectivity index is 1.93. The molecule has 18 heavy (non-hydrogen) atoms. The van der Waals surface area contributed by atoms with E-state index in [0.29, 0.717) is 0 Å². The van der Waals surface area contributed by atoms with Crippen molar-refractivity contribution in [3.8, 4) is 5.75 Å². The lowest BCUT2D eigenvalue weighted by molar-refractivity contribution is 0.143. The van der Waals surface area contributed by atoms with Crippen LogP contribution >= 0.6 is 0 Å². The van der Waals surface area contributed by atoms with Crippen LogP contribution in [0.2, 0.25) is 0 Å². The van der Waals surface area contributed by atoms with Gasteiger partial charge in [-0.25, -0.2) is 0 Å². The lowest BCUT2D eigenvalue weighted by Crippen LogP contribution is -2.42. The molecule has 3 heteroatoms. The molecule has 0 saturated carbocycles. The zero-order valence-electron chi connectivity index (χ0n) is 11.1. The number of nitrogens with zero attached hydrogens (tertiary/aromatic N) is 1. The molecule has 0 amide bonds. The molecule has 2 rings (SSSR count). The number of ether oxygens (including phenoxy) is 1. The summed E-state index contributed by atoms with van der Waals surface area (Å²) in [6.45, 7) is 9.85. The summed E-state index contributed by atoms with van der Waals surface area (Å²) in [4.78, 5) is 2.38. The Morgan fingerprint density at radius 3 is 3.11 bits per heavy atom. The van der Waals surface area contributed by atoms with Crippen molar-refractivity contribution in [2.75, 3.05) is 31.5 Å². The van der Waals surface area contributed by atoms with Crippen molar-refractivity contribution in [1.29, 1.82) is 0 Å². The summed E-state index contributed by atoms with van der Waals surface area (Å²) >= 11 is 0. The maximum Gasteiger partial charge on any atom is 0.142 e. The number of rotatable bonds is 6. The first-order valence-corrected chi connectivity index (χ1v) is 6.66. The van der Waals surface area contributed by atoms with Crippen LogP contribution in [-0.2, 0) is 0 Å². The van der Waals surface area contributed by atoms with Gasteiger partial charge in [-0.1, -0.05) is 25.1 Å². The largest absolute Gasteiger partial charge is 0.485 e. The van der Waals surface area contributed by atoms with Crippen LogP contribution in [0.25, 0.3) is 0 Å². The van der Waals surface area contributed by atoms with Crippen LogP contribution in [0.15, 0.2) is 36.9 Å². The number of nitrogens with one attached hydrogen (secondary N) is 1. The molecule has 1 unspecified atom stereocenters. The first kappa shape index (κ1) is 13.0. The first-order chi connectivity index (χ1) is 8.83. The zero-order chi connectivity index (χ0) is 12.8. The van der Waals surface area contributed by atoms with Crippen molar-refractivity contribution in [3.05, 3.63) is 36.9 Å². The van der Waals surface area contributed by atoms with Gasteiger partial charge >= 0.3 is 0 Å². The predicted molar refractivity (Wildman–Crippen MR) is 76.3 cm³/mol. The summed E-state index contributed by atoms with van der Waals surface area (Å²) in [7, 11) is 0. The quantitative estimate of drug-likeness (QED) is 0.781.